The number of nitrogens with zero attached hydrogens (tertiary/aromatic N) is 2. The van der Waals surface area contributed by atoms with Crippen LogP contribution in [0.15, 0.2) is 33.8 Å². The Morgan fingerprint density at radius 3 is 2.60 bits per heavy atom. The maximum Gasteiger partial charge on any atom is 0.226 e. The molecule has 30 heavy (non-hydrogen) atoms. The molecule has 2 rings (SSSR count). The second-order valence-corrected chi connectivity index (χ2v) is 8.18. The maximum atomic E-state index is 12.2. The third kappa shape index (κ3) is 8.51. The monoisotopic (exact) mass is 547 g/mol. The van der Waals surface area contributed by atoms with Gasteiger partial charge in [-0.2, -0.15) is 0 Å². The smallest absolute Gasteiger partial charge is 0.226 e. The summed E-state index contributed by atoms with van der Waals surface area (Å²) in [6, 6.07) is 5.53. The van der Waals surface area contributed by atoms with Crippen LogP contribution in [0.2, 0.25) is 5.02 Å². The van der Waals surface area contributed by atoms with Gasteiger partial charge in [0.15, 0.2) is 5.96 Å². The number of hydrogen-bond donors (Lipinski definition) is 3. The molecule has 1 aromatic carbocycles. The van der Waals surface area contributed by atoms with Crippen LogP contribution in [0.3, 0.4) is 0 Å². The Morgan fingerprint density at radius 2 is 2.00 bits per heavy atom. The fourth-order valence-corrected chi connectivity index (χ4v) is 2.73. The molecule has 166 valence electrons. The lowest BCUT2D eigenvalue weighted by Gasteiger charge is -2.13. The lowest BCUT2D eigenvalue weighted by Crippen LogP contribution is -2.38. The van der Waals surface area contributed by atoms with E-state index in [1.165, 1.54) is 0 Å². The Balaban J connectivity index is 0.00000450. The van der Waals surface area contributed by atoms with Gasteiger partial charge in [0, 0.05) is 24.9 Å². The molecule has 2 aromatic rings. The third-order valence-electron chi connectivity index (χ3n) is 4.05. The zero-order valence-electron chi connectivity index (χ0n) is 18.1. The lowest BCUT2D eigenvalue weighted by atomic mass is 9.94. The van der Waals surface area contributed by atoms with E-state index in [1.54, 1.807) is 12.3 Å². The van der Waals surface area contributed by atoms with Crippen molar-refractivity contribution in [2.75, 3.05) is 18.4 Å². The molecular weight excluding hydrogens is 517 g/mol. The van der Waals surface area contributed by atoms with Crippen molar-refractivity contribution >= 4 is 53.1 Å². The summed E-state index contributed by atoms with van der Waals surface area (Å²) in [6.07, 6.45) is 2.02. The summed E-state index contributed by atoms with van der Waals surface area (Å²) in [5, 5.41) is 9.64. The van der Waals surface area contributed by atoms with Crippen molar-refractivity contribution in [2.24, 2.45) is 4.99 Å². The Labute approximate surface area is 200 Å². The second-order valence-electron chi connectivity index (χ2n) is 7.77. The van der Waals surface area contributed by atoms with Crippen molar-refractivity contribution < 1.29 is 9.21 Å². The zero-order chi connectivity index (χ0) is 21.4. The van der Waals surface area contributed by atoms with Gasteiger partial charge in [-0.1, -0.05) is 38.4 Å². The predicted molar refractivity (Wildman–Crippen MR) is 133 cm³/mol. The van der Waals surface area contributed by atoms with E-state index in [4.69, 9.17) is 16.0 Å². The van der Waals surface area contributed by atoms with E-state index < -0.39 is 0 Å². The number of hydrogen-bond acceptors (Lipinski definition) is 4. The van der Waals surface area contributed by atoms with Gasteiger partial charge in [0.25, 0.3) is 0 Å². The average Bonchev–Trinajstić information content (AvgIpc) is 3.11. The quantitative estimate of drug-likeness (QED) is 0.267. The highest BCUT2D eigenvalue weighted by Gasteiger charge is 2.19. The Bertz CT molecular complexity index is 861. The number of aromatic nitrogens is 1. The van der Waals surface area contributed by atoms with Crippen molar-refractivity contribution in [3.63, 3.8) is 0 Å². The number of anilines is 1. The number of nitrogens with one attached hydrogen (secondary N) is 3. The van der Waals surface area contributed by atoms with E-state index >= 15 is 0 Å². The number of carbonyl (C=O) groups excluding carboxylic acids is 1. The molecule has 0 saturated carbocycles. The number of aryl methyl sites for hydroxylation is 1. The highest BCUT2D eigenvalue weighted by atomic mass is 127. The van der Waals surface area contributed by atoms with Crippen LogP contribution in [-0.2, 0) is 16.8 Å². The Morgan fingerprint density at radius 1 is 1.27 bits per heavy atom. The molecule has 9 heteroatoms. The molecule has 0 atom stereocenters. The van der Waals surface area contributed by atoms with Gasteiger partial charge in [0.1, 0.15) is 12.3 Å². The first kappa shape index (κ1) is 26.2. The van der Waals surface area contributed by atoms with E-state index in [1.807, 2.05) is 26.0 Å². The van der Waals surface area contributed by atoms with E-state index in [-0.39, 0.29) is 41.7 Å². The largest absolute Gasteiger partial charge is 0.443 e. The first-order valence-corrected chi connectivity index (χ1v) is 10.1. The van der Waals surface area contributed by atoms with Gasteiger partial charge in [-0.25, -0.2) is 9.98 Å². The van der Waals surface area contributed by atoms with Crippen LogP contribution < -0.4 is 16.0 Å². The molecule has 1 heterocycles. The fraction of sp³-hybridized carbons (Fsp3) is 0.476. The van der Waals surface area contributed by atoms with Crippen LogP contribution >= 0.6 is 35.6 Å². The molecule has 0 saturated heterocycles. The highest BCUT2D eigenvalue weighted by molar-refractivity contribution is 14.0. The molecular formula is C21H31ClIN5O2. The molecule has 7 nitrogen and oxygen atoms in total. The maximum absolute atomic E-state index is 12.2. The summed E-state index contributed by atoms with van der Waals surface area (Å²) in [5.41, 5.74) is 1.56. The van der Waals surface area contributed by atoms with E-state index in [9.17, 15) is 4.79 Å². The molecule has 0 fully saturated rings. The number of aliphatic imine (C=N–C) groups is 1. The molecule has 0 aliphatic heterocycles. The summed E-state index contributed by atoms with van der Waals surface area (Å²) in [6.45, 7) is 11.6. The molecule has 0 bridgehead atoms. The van der Waals surface area contributed by atoms with E-state index in [2.05, 4.69) is 46.7 Å². The summed E-state index contributed by atoms with van der Waals surface area (Å²) in [5.74, 6) is 1.86. The first-order valence-electron chi connectivity index (χ1n) is 9.72. The van der Waals surface area contributed by atoms with E-state index in [0.717, 1.165) is 11.3 Å². The van der Waals surface area contributed by atoms with Gasteiger partial charge in [-0.15, -0.1) is 24.0 Å². The standard InChI is InChI=1S/C21H30ClN5O2.HI/c1-6-23-20(26-13-19-25-12-17(29-19)21(3,4)5)24-10-9-18(28)27-16-8-7-14(2)11-15(16)22;/h7-8,11-12H,6,9-10,13H2,1-5H3,(H,27,28)(H2,23,24,26);1H. The molecule has 1 amide bonds. The number of rotatable bonds is 7. The molecule has 0 aliphatic carbocycles. The predicted octanol–water partition coefficient (Wildman–Crippen LogP) is 4.64. The minimum absolute atomic E-state index is 0. The van der Waals surface area contributed by atoms with Crippen molar-refractivity contribution in [3.05, 3.63) is 46.6 Å². The molecule has 0 spiro atoms. The summed E-state index contributed by atoms with van der Waals surface area (Å²) >= 11 is 6.15. The minimum atomic E-state index is -0.123. The van der Waals surface area contributed by atoms with Crippen LogP contribution in [0, 0.1) is 6.92 Å². The van der Waals surface area contributed by atoms with Crippen molar-refractivity contribution in [1.82, 2.24) is 15.6 Å². The Hall–Kier alpha value is -1.81. The van der Waals surface area contributed by atoms with Crippen LogP contribution in [-0.4, -0.2) is 29.9 Å². The number of benzene rings is 1. The van der Waals surface area contributed by atoms with Gasteiger partial charge < -0.3 is 20.4 Å². The van der Waals surface area contributed by atoms with Gasteiger partial charge >= 0.3 is 0 Å². The SMILES string of the molecule is CCNC(=NCc1ncc(C(C)(C)C)o1)NCCC(=O)Nc1ccc(C)cc1Cl.I. The minimum Gasteiger partial charge on any atom is -0.443 e. The topological polar surface area (TPSA) is 91.6 Å². The summed E-state index contributed by atoms with van der Waals surface area (Å²) in [4.78, 5) is 20.9. The molecule has 0 unspecified atom stereocenters. The third-order valence-corrected chi connectivity index (χ3v) is 4.37. The fourth-order valence-electron chi connectivity index (χ4n) is 2.45. The number of guanidine groups is 1. The number of carbonyl (C=O) groups is 1. The first-order chi connectivity index (χ1) is 13.7. The van der Waals surface area contributed by atoms with Crippen molar-refractivity contribution in [1.29, 1.82) is 0 Å². The lowest BCUT2D eigenvalue weighted by molar-refractivity contribution is -0.116. The molecule has 0 aliphatic rings. The van der Waals surface area contributed by atoms with Crippen LogP contribution in [0.4, 0.5) is 5.69 Å². The highest BCUT2D eigenvalue weighted by Crippen LogP contribution is 2.23. The van der Waals surface area contributed by atoms with Crippen molar-refractivity contribution in [2.45, 2.75) is 53.0 Å². The normalized spacial score (nSPS) is 11.6. The molecule has 3 N–H and O–H groups in total. The van der Waals surface area contributed by atoms with Crippen molar-refractivity contribution in [3.8, 4) is 0 Å². The number of oxazole rings is 1. The van der Waals surface area contributed by atoms with Crippen LogP contribution in [0.25, 0.3) is 0 Å². The van der Waals surface area contributed by atoms with Gasteiger partial charge in [-0.05, 0) is 31.5 Å². The zero-order valence-corrected chi connectivity index (χ0v) is 21.2. The summed E-state index contributed by atoms with van der Waals surface area (Å²) in [7, 11) is 0. The van der Waals surface area contributed by atoms with Crippen LogP contribution in [0.1, 0.15) is 51.3 Å². The average molecular weight is 548 g/mol. The van der Waals surface area contributed by atoms with E-state index in [0.29, 0.717) is 42.2 Å². The molecule has 0 radical (unpaired) electrons. The van der Waals surface area contributed by atoms with Gasteiger partial charge in [0.05, 0.1) is 16.9 Å². The Kier molecular flexibility index (Phi) is 10.6. The van der Waals surface area contributed by atoms with Gasteiger partial charge in [0.2, 0.25) is 11.8 Å². The van der Waals surface area contributed by atoms with Gasteiger partial charge in [-0.3, -0.25) is 4.79 Å². The van der Waals surface area contributed by atoms with Crippen LogP contribution in [0.5, 0.6) is 0 Å². The molecule has 1 aromatic heterocycles. The number of amides is 1. The second kappa shape index (κ2) is 12.1. The summed E-state index contributed by atoms with van der Waals surface area (Å²) < 4.78 is 5.75. The number of halogens is 2.